The summed E-state index contributed by atoms with van der Waals surface area (Å²) in [6.45, 7) is 5.72. The number of rotatable bonds is 8. The third-order valence-corrected chi connectivity index (χ3v) is 1.89. The lowest BCUT2D eigenvalue weighted by Gasteiger charge is -1.89. The normalized spacial score (nSPS) is 12.1. The Morgan fingerprint density at radius 1 is 0.857 bits per heavy atom. The molecule has 0 heteroatoms. The molecule has 0 N–H and O–H groups in total. The Hall–Kier alpha value is -1.04. The number of unbranched alkanes of at least 4 members (excludes halogenated alkanes) is 2. The standard InChI is InChI=1S/C14H22/c1-3-5-7-9-11-13-14-12-10-8-6-4-2/h3-4,6-7,9-10,12H,1,5,8,11,13-14H2,2H3/b6-4+,9-7+,12-10+. The zero-order valence-corrected chi connectivity index (χ0v) is 9.28. The average Bonchev–Trinajstić information content (AvgIpc) is 2.21. The zero-order valence-electron chi connectivity index (χ0n) is 9.28. The second kappa shape index (κ2) is 12.0. The molecule has 0 aromatic rings. The van der Waals surface area contributed by atoms with Gasteiger partial charge in [0.25, 0.3) is 0 Å². The van der Waals surface area contributed by atoms with Crippen LogP contribution < -0.4 is 0 Å². The molecular weight excluding hydrogens is 168 g/mol. The average molecular weight is 190 g/mol. The van der Waals surface area contributed by atoms with Gasteiger partial charge in [-0.3, -0.25) is 0 Å². The summed E-state index contributed by atoms with van der Waals surface area (Å²) < 4.78 is 0. The van der Waals surface area contributed by atoms with Crippen molar-refractivity contribution in [1.82, 2.24) is 0 Å². The van der Waals surface area contributed by atoms with Gasteiger partial charge in [0, 0.05) is 0 Å². The van der Waals surface area contributed by atoms with Gasteiger partial charge >= 0.3 is 0 Å². The highest BCUT2D eigenvalue weighted by Gasteiger charge is 1.79. The molecule has 0 aromatic heterocycles. The van der Waals surface area contributed by atoms with Crippen LogP contribution in [0.5, 0.6) is 0 Å². The van der Waals surface area contributed by atoms with Crippen LogP contribution in [0.3, 0.4) is 0 Å². The Morgan fingerprint density at radius 3 is 2.07 bits per heavy atom. The van der Waals surface area contributed by atoms with Crippen molar-refractivity contribution < 1.29 is 0 Å². The van der Waals surface area contributed by atoms with E-state index in [9.17, 15) is 0 Å². The summed E-state index contributed by atoms with van der Waals surface area (Å²) in [6.07, 6.45) is 20.8. The third-order valence-electron chi connectivity index (χ3n) is 1.89. The van der Waals surface area contributed by atoms with Crippen LogP contribution in [0, 0.1) is 0 Å². The van der Waals surface area contributed by atoms with Crippen LogP contribution in [0.1, 0.15) is 39.0 Å². The molecule has 0 unspecified atom stereocenters. The lowest BCUT2D eigenvalue weighted by molar-refractivity contribution is 0.864. The molecule has 0 nitrogen and oxygen atoms in total. The van der Waals surface area contributed by atoms with E-state index >= 15 is 0 Å². The molecular formula is C14H22. The van der Waals surface area contributed by atoms with E-state index in [1.165, 1.54) is 19.3 Å². The van der Waals surface area contributed by atoms with E-state index in [1.807, 2.05) is 6.08 Å². The molecule has 0 aliphatic heterocycles. The summed E-state index contributed by atoms with van der Waals surface area (Å²) in [5.74, 6) is 0. The topological polar surface area (TPSA) is 0 Å². The number of hydrogen-bond donors (Lipinski definition) is 0. The van der Waals surface area contributed by atoms with Crippen molar-refractivity contribution in [3.05, 3.63) is 49.1 Å². The summed E-state index contributed by atoms with van der Waals surface area (Å²) >= 11 is 0. The highest BCUT2D eigenvalue weighted by molar-refractivity contribution is 4.92. The van der Waals surface area contributed by atoms with Crippen LogP contribution in [-0.4, -0.2) is 0 Å². The second-order valence-corrected chi connectivity index (χ2v) is 3.20. The van der Waals surface area contributed by atoms with Crippen molar-refractivity contribution in [1.29, 1.82) is 0 Å². The first-order valence-electron chi connectivity index (χ1n) is 5.44. The van der Waals surface area contributed by atoms with E-state index in [0.717, 1.165) is 12.8 Å². The van der Waals surface area contributed by atoms with E-state index in [2.05, 4.69) is 50.0 Å². The molecule has 0 spiro atoms. The van der Waals surface area contributed by atoms with Crippen molar-refractivity contribution in [2.24, 2.45) is 0 Å². The number of allylic oxidation sites excluding steroid dienone is 7. The molecule has 0 rings (SSSR count). The first-order valence-corrected chi connectivity index (χ1v) is 5.44. The van der Waals surface area contributed by atoms with Crippen LogP contribution in [0.4, 0.5) is 0 Å². The van der Waals surface area contributed by atoms with Crippen molar-refractivity contribution in [3.8, 4) is 0 Å². The van der Waals surface area contributed by atoms with Gasteiger partial charge in [-0.2, -0.15) is 0 Å². The van der Waals surface area contributed by atoms with Crippen LogP contribution in [0.2, 0.25) is 0 Å². The molecule has 0 saturated heterocycles. The minimum Gasteiger partial charge on any atom is -0.103 e. The summed E-state index contributed by atoms with van der Waals surface area (Å²) in [4.78, 5) is 0. The summed E-state index contributed by atoms with van der Waals surface area (Å²) in [7, 11) is 0. The van der Waals surface area contributed by atoms with Gasteiger partial charge in [-0.15, -0.1) is 6.58 Å². The summed E-state index contributed by atoms with van der Waals surface area (Å²) in [6, 6.07) is 0. The highest BCUT2D eigenvalue weighted by Crippen LogP contribution is 1.99. The van der Waals surface area contributed by atoms with Crippen LogP contribution in [-0.2, 0) is 0 Å². The van der Waals surface area contributed by atoms with Crippen molar-refractivity contribution >= 4 is 0 Å². The predicted molar refractivity (Wildman–Crippen MR) is 66.4 cm³/mol. The Morgan fingerprint density at radius 2 is 1.50 bits per heavy atom. The fourth-order valence-corrected chi connectivity index (χ4v) is 1.09. The molecule has 0 atom stereocenters. The predicted octanol–water partition coefficient (Wildman–Crippen LogP) is 4.81. The van der Waals surface area contributed by atoms with E-state index in [1.54, 1.807) is 0 Å². The minimum absolute atomic E-state index is 0.997. The maximum atomic E-state index is 3.67. The zero-order chi connectivity index (χ0) is 10.5. The molecule has 0 aliphatic rings. The Balaban J connectivity index is 3.20. The van der Waals surface area contributed by atoms with E-state index in [0.29, 0.717) is 0 Å². The molecule has 0 saturated carbocycles. The SMILES string of the molecule is C=CC/C=C/CCC/C=C/C/C=C/C. The highest BCUT2D eigenvalue weighted by atomic mass is 13.9. The maximum Gasteiger partial charge on any atom is -0.0169 e. The molecule has 78 valence electrons. The molecule has 0 aliphatic carbocycles. The molecule has 0 heterocycles. The van der Waals surface area contributed by atoms with Gasteiger partial charge in [-0.1, -0.05) is 42.5 Å². The van der Waals surface area contributed by atoms with Crippen LogP contribution >= 0.6 is 0 Å². The smallest absolute Gasteiger partial charge is 0.0169 e. The third kappa shape index (κ3) is 11.0. The fraction of sp³-hybridized carbons (Fsp3) is 0.429. The first-order chi connectivity index (χ1) is 6.91. The lowest BCUT2D eigenvalue weighted by Crippen LogP contribution is -1.69. The lowest BCUT2D eigenvalue weighted by atomic mass is 10.2. The minimum atomic E-state index is 0.997. The first kappa shape index (κ1) is 13.0. The second-order valence-electron chi connectivity index (χ2n) is 3.20. The van der Waals surface area contributed by atoms with Gasteiger partial charge in [0.1, 0.15) is 0 Å². The van der Waals surface area contributed by atoms with Crippen LogP contribution in [0.15, 0.2) is 49.1 Å². The van der Waals surface area contributed by atoms with Crippen molar-refractivity contribution in [2.75, 3.05) is 0 Å². The summed E-state index contributed by atoms with van der Waals surface area (Å²) in [5, 5.41) is 0. The monoisotopic (exact) mass is 190 g/mol. The molecule has 14 heavy (non-hydrogen) atoms. The molecule has 0 aromatic carbocycles. The molecule has 0 bridgehead atoms. The summed E-state index contributed by atoms with van der Waals surface area (Å²) in [5.41, 5.74) is 0. The Bertz CT molecular complexity index is 194. The molecule has 0 fully saturated rings. The van der Waals surface area contributed by atoms with E-state index in [-0.39, 0.29) is 0 Å². The van der Waals surface area contributed by atoms with Crippen LogP contribution in [0.25, 0.3) is 0 Å². The Kier molecular flexibility index (Phi) is 11.1. The van der Waals surface area contributed by atoms with Crippen molar-refractivity contribution in [3.63, 3.8) is 0 Å². The van der Waals surface area contributed by atoms with Gasteiger partial charge in [-0.05, 0) is 39.0 Å². The van der Waals surface area contributed by atoms with Gasteiger partial charge in [0.2, 0.25) is 0 Å². The maximum absolute atomic E-state index is 3.67. The molecule has 0 radical (unpaired) electrons. The Labute approximate surface area is 88.7 Å². The van der Waals surface area contributed by atoms with Gasteiger partial charge in [0.05, 0.1) is 0 Å². The van der Waals surface area contributed by atoms with E-state index < -0.39 is 0 Å². The van der Waals surface area contributed by atoms with E-state index in [4.69, 9.17) is 0 Å². The molecule has 0 amide bonds. The quantitative estimate of drug-likeness (QED) is 0.380. The van der Waals surface area contributed by atoms with Gasteiger partial charge in [0.15, 0.2) is 0 Å². The largest absolute Gasteiger partial charge is 0.103 e. The van der Waals surface area contributed by atoms with Crippen molar-refractivity contribution in [2.45, 2.75) is 39.0 Å². The number of hydrogen-bond acceptors (Lipinski definition) is 0. The fourth-order valence-electron chi connectivity index (χ4n) is 1.09. The van der Waals surface area contributed by atoms with Gasteiger partial charge < -0.3 is 0 Å². The van der Waals surface area contributed by atoms with Gasteiger partial charge in [-0.25, -0.2) is 0 Å².